The molecule has 0 radical (unpaired) electrons. The highest BCUT2D eigenvalue weighted by Crippen LogP contribution is 2.36. The fourth-order valence-corrected chi connectivity index (χ4v) is 3.28. The molecule has 0 bridgehead atoms. The summed E-state index contributed by atoms with van der Waals surface area (Å²) in [6.45, 7) is 6.78. The first-order valence-electron chi connectivity index (χ1n) is 7.56. The summed E-state index contributed by atoms with van der Waals surface area (Å²) in [6, 6.07) is 4.22. The lowest BCUT2D eigenvalue weighted by atomic mass is 9.94. The van der Waals surface area contributed by atoms with Crippen LogP contribution in [-0.4, -0.2) is 34.3 Å². The van der Waals surface area contributed by atoms with E-state index in [9.17, 15) is 13.9 Å². The van der Waals surface area contributed by atoms with E-state index >= 15 is 0 Å². The first kappa shape index (κ1) is 16.9. The number of halogens is 2. The van der Waals surface area contributed by atoms with Crippen molar-refractivity contribution in [3.05, 3.63) is 46.7 Å². The van der Waals surface area contributed by atoms with Crippen molar-refractivity contribution in [2.75, 3.05) is 13.6 Å². The summed E-state index contributed by atoms with van der Waals surface area (Å²) in [5, 5.41) is 14.4. The molecule has 1 aromatic carbocycles. The highest BCUT2D eigenvalue weighted by Gasteiger charge is 2.42. The van der Waals surface area contributed by atoms with Gasteiger partial charge in [0.1, 0.15) is 5.76 Å². The van der Waals surface area contributed by atoms with Crippen molar-refractivity contribution < 1.29 is 13.9 Å². The van der Waals surface area contributed by atoms with E-state index in [0.29, 0.717) is 11.3 Å². The minimum atomic E-state index is -0.831. The number of hydrogen-bond donors (Lipinski definition) is 1. The Balaban J connectivity index is 2.23. The first-order chi connectivity index (χ1) is 10.3. The minimum absolute atomic E-state index is 0.259. The van der Waals surface area contributed by atoms with Crippen LogP contribution in [0.2, 0.25) is 0 Å². The van der Waals surface area contributed by atoms with Crippen LogP contribution in [-0.2, 0) is 6.54 Å². The molecule has 1 aliphatic rings. The van der Waals surface area contributed by atoms with E-state index in [1.54, 1.807) is 6.07 Å². The third-order valence-electron chi connectivity index (χ3n) is 4.43. The molecule has 5 heteroatoms. The van der Waals surface area contributed by atoms with Gasteiger partial charge in [0.05, 0.1) is 5.54 Å². The normalized spacial score (nSPS) is 22.3. The number of aliphatic hydroxyl groups excluding tert-OH is 1. The second kappa shape index (κ2) is 6.34. The summed E-state index contributed by atoms with van der Waals surface area (Å²) in [5.74, 6) is -1.28. The van der Waals surface area contributed by atoms with Crippen molar-refractivity contribution in [2.45, 2.75) is 45.7 Å². The van der Waals surface area contributed by atoms with Gasteiger partial charge in [-0.15, -0.1) is 0 Å². The third kappa shape index (κ3) is 3.01. The number of nitrogens with zero attached hydrogens (tertiary/aromatic N) is 2. The molecule has 1 N–H and O–H groups in total. The maximum Gasteiger partial charge on any atom is 0.163 e. The monoisotopic (exact) mass is 310 g/mol. The average molecular weight is 310 g/mol. The van der Waals surface area contributed by atoms with Gasteiger partial charge in [-0.1, -0.05) is 12.1 Å². The molecule has 1 unspecified atom stereocenters. The van der Waals surface area contributed by atoms with Gasteiger partial charge in [-0.3, -0.25) is 0 Å². The zero-order chi connectivity index (χ0) is 16.5. The Labute approximate surface area is 130 Å². The van der Waals surface area contributed by atoms with Crippen LogP contribution in [0.5, 0.6) is 0 Å². The van der Waals surface area contributed by atoms with Crippen molar-refractivity contribution in [2.24, 2.45) is 0 Å². The van der Waals surface area contributed by atoms with Crippen LogP contribution in [0.25, 0.3) is 0 Å². The van der Waals surface area contributed by atoms with Crippen LogP contribution in [0.3, 0.4) is 0 Å². The molecule has 122 valence electrons. The zero-order valence-corrected chi connectivity index (χ0v) is 13.7. The van der Waals surface area contributed by atoms with Gasteiger partial charge in [-0.2, -0.15) is 0 Å². The van der Waals surface area contributed by atoms with E-state index in [2.05, 4.69) is 0 Å². The summed E-state index contributed by atoms with van der Waals surface area (Å²) in [5.41, 5.74) is 0.699. The van der Waals surface area contributed by atoms with E-state index in [0.717, 1.165) is 31.0 Å². The van der Waals surface area contributed by atoms with Crippen LogP contribution < -0.4 is 0 Å². The zero-order valence-electron chi connectivity index (χ0n) is 13.7. The van der Waals surface area contributed by atoms with E-state index in [-0.39, 0.29) is 6.54 Å². The molecule has 0 aliphatic carbocycles. The molecule has 0 amide bonds. The van der Waals surface area contributed by atoms with E-state index in [4.69, 9.17) is 0 Å². The van der Waals surface area contributed by atoms with Gasteiger partial charge in [-0.05, 0) is 45.3 Å². The Hall–Kier alpha value is -1.46. The standard InChI is InChI=1S/C17H24F2N2O/c1-12(2)16(22)17(3)9-6-10-21(17)20(4)11-13-7-5-8-14(18)15(13)19/h5,7-8,22H,6,9-11H2,1-4H3. The first-order valence-corrected chi connectivity index (χ1v) is 7.56. The Morgan fingerprint density at radius 2 is 2.05 bits per heavy atom. The summed E-state index contributed by atoms with van der Waals surface area (Å²) < 4.78 is 27.2. The topological polar surface area (TPSA) is 26.7 Å². The number of rotatable bonds is 4. The van der Waals surface area contributed by atoms with E-state index in [1.165, 1.54) is 6.07 Å². The highest BCUT2D eigenvalue weighted by atomic mass is 19.2. The number of allylic oxidation sites excluding steroid dienone is 1. The Kier molecular flexibility index (Phi) is 4.87. The lowest BCUT2D eigenvalue weighted by molar-refractivity contribution is -0.0641. The maximum atomic E-state index is 13.8. The second-order valence-electron chi connectivity index (χ2n) is 6.38. The van der Waals surface area contributed by atoms with Crippen LogP contribution >= 0.6 is 0 Å². The molecular formula is C17H24F2N2O. The largest absolute Gasteiger partial charge is 0.510 e. The van der Waals surface area contributed by atoms with Crippen LogP contribution in [0, 0.1) is 11.6 Å². The lowest BCUT2D eigenvalue weighted by Crippen LogP contribution is -2.51. The van der Waals surface area contributed by atoms with Gasteiger partial charge < -0.3 is 5.11 Å². The smallest absolute Gasteiger partial charge is 0.163 e. The van der Waals surface area contributed by atoms with Crippen LogP contribution in [0.1, 0.15) is 39.2 Å². The highest BCUT2D eigenvalue weighted by molar-refractivity contribution is 5.20. The fourth-order valence-electron chi connectivity index (χ4n) is 3.28. The van der Waals surface area contributed by atoms with E-state index in [1.807, 2.05) is 37.8 Å². The minimum Gasteiger partial charge on any atom is -0.510 e. The summed E-state index contributed by atoms with van der Waals surface area (Å²) in [7, 11) is 1.84. The number of benzene rings is 1. The molecular weight excluding hydrogens is 286 g/mol. The number of hydrazine groups is 1. The molecule has 3 nitrogen and oxygen atoms in total. The predicted molar refractivity (Wildman–Crippen MR) is 83.2 cm³/mol. The quantitative estimate of drug-likeness (QED) is 0.851. The van der Waals surface area contributed by atoms with Crippen LogP contribution in [0.4, 0.5) is 8.78 Å². The van der Waals surface area contributed by atoms with Gasteiger partial charge in [0.2, 0.25) is 0 Å². The molecule has 2 rings (SSSR count). The Bertz CT molecular complexity index is 584. The van der Waals surface area contributed by atoms with Crippen molar-refractivity contribution in [3.8, 4) is 0 Å². The molecule has 1 aromatic rings. The van der Waals surface area contributed by atoms with Gasteiger partial charge in [0.15, 0.2) is 11.6 Å². The third-order valence-corrected chi connectivity index (χ3v) is 4.43. The molecule has 22 heavy (non-hydrogen) atoms. The summed E-state index contributed by atoms with van der Waals surface area (Å²) in [6.07, 6.45) is 1.78. The molecule has 1 fully saturated rings. The molecule has 0 saturated carbocycles. The maximum absolute atomic E-state index is 13.8. The Morgan fingerprint density at radius 1 is 1.36 bits per heavy atom. The van der Waals surface area contributed by atoms with Gasteiger partial charge >= 0.3 is 0 Å². The predicted octanol–water partition coefficient (Wildman–Crippen LogP) is 4.02. The number of aliphatic hydroxyl groups is 1. The SMILES string of the molecule is CC(C)=C(O)C1(C)CCCN1N(C)Cc1cccc(F)c1F. The number of hydrogen-bond acceptors (Lipinski definition) is 3. The molecule has 0 spiro atoms. The summed E-state index contributed by atoms with van der Waals surface area (Å²) in [4.78, 5) is 0. The summed E-state index contributed by atoms with van der Waals surface area (Å²) >= 11 is 0. The molecule has 0 aromatic heterocycles. The van der Waals surface area contributed by atoms with Crippen molar-refractivity contribution >= 4 is 0 Å². The van der Waals surface area contributed by atoms with Crippen LogP contribution in [0.15, 0.2) is 29.5 Å². The fraction of sp³-hybridized carbons (Fsp3) is 0.529. The molecule has 1 atom stereocenters. The second-order valence-corrected chi connectivity index (χ2v) is 6.38. The van der Waals surface area contributed by atoms with Crippen molar-refractivity contribution in [1.82, 2.24) is 10.0 Å². The lowest BCUT2D eigenvalue weighted by Gasteiger charge is -2.41. The Morgan fingerprint density at radius 3 is 2.68 bits per heavy atom. The van der Waals surface area contributed by atoms with Crippen molar-refractivity contribution in [3.63, 3.8) is 0 Å². The van der Waals surface area contributed by atoms with Gasteiger partial charge in [-0.25, -0.2) is 18.8 Å². The molecule has 1 saturated heterocycles. The van der Waals surface area contributed by atoms with Crippen molar-refractivity contribution in [1.29, 1.82) is 0 Å². The van der Waals surface area contributed by atoms with Gasteiger partial charge in [0.25, 0.3) is 0 Å². The average Bonchev–Trinajstić information content (AvgIpc) is 2.86. The molecule has 1 aliphatic heterocycles. The van der Waals surface area contributed by atoms with Gasteiger partial charge in [0, 0.05) is 25.7 Å². The molecule has 1 heterocycles. The van der Waals surface area contributed by atoms with E-state index < -0.39 is 17.2 Å².